The van der Waals surface area contributed by atoms with Gasteiger partial charge in [-0.2, -0.15) is 0 Å². The molecule has 0 aliphatic carbocycles. The van der Waals surface area contributed by atoms with E-state index in [0.717, 1.165) is 12.8 Å². The van der Waals surface area contributed by atoms with E-state index >= 15 is 0 Å². The minimum atomic E-state index is -0.870. The zero-order valence-corrected chi connectivity index (χ0v) is 8.76. The van der Waals surface area contributed by atoms with E-state index in [2.05, 4.69) is 5.32 Å². The normalized spacial score (nSPS) is 35.0. The van der Waals surface area contributed by atoms with Crippen molar-refractivity contribution in [3.05, 3.63) is 0 Å². The van der Waals surface area contributed by atoms with Gasteiger partial charge in [0, 0.05) is 12.1 Å². The smallest absolute Gasteiger partial charge is 0.329 e. The number of hydrogen-bond acceptors (Lipinski definition) is 3. The number of nitrogens with one attached hydrogen (secondary N) is 1. The van der Waals surface area contributed by atoms with E-state index in [9.17, 15) is 4.79 Å². The standard InChI is InChI=1S/C9H15NO3.ClH/c11-9(12)5-13-8-3-6-1-2-7(4-8)10-6;/h6-8,10H,1-5H2,(H,11,12);1H/t6-,7+,8-;. The lowest BCUT2D eigenvalue weighted by molar-refractivity contribution is -0.145. The molecule has 14 heavy (non-hydrogen) atoms. The SMILES string of the molecule is Cl.O=C(O)CO[C@@H]1C[C@H]2CC[C@@H](C1)N2. The summed E-state index contributed by atoms with van der Waals surface area (Å²) in [5, 5.41) is 11.9. The van der Waals surface area contributed by atoms with Crippen molar-refractivity contribution < 1.29 is 14.6 Å². The molecule has 5 heteroatoms. The first-order chi connectivity index (χ1) is 6.24. The highest BCUT2D eigenvalue weighted by molar-refractivity contribution is 5.85. The Labute approximate surface area is 89.4 Å². The molecule has 2 rings (SSSR count). The third-order valence-electron chi connectivity index (χ3n) is 2.87. The fourth-order valence-electron chi connectivity index (χ4n) is 2.33. The van der Waals surface area contributed by atoms with Crippen molar-refractivity contribution >= 4 is 18.4 Å². The molecule has 2 saturated heterocycles. The van der Waals surface area contributed by atoms with Crippen molar-refractivity contribution in [1.82, 2.24) is 5.32 Å². The number of halogens is 1. The van der Waals surface area contributed by atoms with Crippen LogP contribution in [-0.4, -0.2) is 35.9 Å². The van der Waals surface area contributed by atoms with Crippen LogP contribution in [0.3, 0.4) is 0 Å². The van der Waals surface area contributed by atoms with Gasteiger partial charge in [-0.05, 0) is 25.7 Å². The first-order valence-corrected chi connectivity index (χ1v) is 4.83. The molecule has 0 aromatic carbocycles. The molecule has 2 heterocycles. The molecular formula is C9H16ClNO3. The van der Waals surface area contributed by atoms with E-state index in [1.165, 1.54) is 12.8 Å². The highest BCUT2D eigenvalue weighted by Gasteiger charge is 2.33. The van der Waals surface area contributed by atoms with Crippen LogP contribution >= 0.6 is 12.4 Å². The molecule has 2 fully saturated rings. The van der Waals surface area contributed by atoms with E-state index in [0.29, 0.717) is 12.1 Å². The molecule has 2 bridgehead atoms. The summed E-state index contributed by atoms with van der Waals surface area (Å²) in [6.07, 6.45) is 4.55. The largest absolute Gasteiger partial charge is 0.480 e. The Morgan fingerprint density at radius 2 is 1.93 bits per heavy atom. The Bertz CT molecular complexity index is 200. The van der Waals surface area contributed by atoms with E-state index < -0.39 is 5.97 Å². The van der Waals surface area contributed by atoms with Gasteiger partial charge in [0.2, 0.25) is 0 Å². The predicted molar refractivity (Wildman–Crippen MR) is 53.8 cm³/mol. The van der Waals surface area contributed by atoms with Crippen molar-refractivity contribution in [3.63, 3.8) is 0 Å². The van der Waals surface area contributed by atoms with E-state index in [4.69, 9.17) is 9.84 Å². The Balaban J connectivity index is 0.000000980. The quantitative estimate of drug-likeness (QED) is 0.740. The van der Waals surface area contributed by atoms with Crippen molar-refractivity contribution in [2.45, 2.75) is 43.9 Å². The summed E-state index contributed by atoms with van der Waals surface area (Å²) in [7, 11) is 0. The van der Waals surface area contributed by atoms with Crippen LogP contribution in [0, 0.1) is 0 Å². The number of fused-ring (bicyclic) bond motifs is 2. The Hall–Kier alpha value is -0.320. The first kappa shape index (κ1) is 11.8. The monoisotopic (exact) mass is 221 g/mol. The van der Waals surface area contributed by atoms with Crippen LogP contribution in [0.1, 0.15) is 25.7 Å². The van der Waals surface area contributed by atoms with Crippen LogP contribution in [0.2, 0.25) is 0 Å². The fraction of sp³-hybridized carbons (Fsp3) is 0.889. The third-order valence-corrected chi connectivity index (χ3v) is 2.87. The lowest BCUT2D eigenvalue weighted by Gasteiger charge is -2.28. The molecule has 2 N–H and O–H groups in total. The molecule has 2 aliphatic rings. The van der Waals surface area contributed by atoms with Crippen molar-refractivity contribution in [3.8, 4) is 0 Å². The zero-order chi connectivity index (χ0) is 9.26. The highest BCUT2D eigenvalue weighted by atomic mass is 35.5. The lowest BCUT2D eigenvalue weighted by atomic mass is 10.0. The van der Waals surface area contributed by atoms with E-state index in [1.54, 1.807) is 0 Å². The summed E-state index contributed by atoms with van der Waals surface area (Å²) in [4.78, 5) is 10.3. The van der Waals surface area contributed by atoms with Crippen molar-refractivity contribution in [2.75, 3.05) is 6.61 Å². The molecule has 4 nitrogen and oxygen atoms in total. The number of carbonyl (C=O) groups is 1. The third kappa shape index (κ3) is 2.83. The second kappa shape index (κ2) is 4.96. The molecule has 82 valence electrons. The number of aliphatic carboxylic acids is 1. The maximum Gasteiger partial charge on any atom is 0.329 e. The van der Waals surface area contributed by atoms with Crippen molar-refractivity contribution in [1.29, 1.82) is 0 Å². The molecule has 0 unspecified atom stereocenters. The van der Waals surface area contributed by atoms with Crippen LogP contribution in [0.5, 0.6) is 0 Å². The lowest BCUT2D eigenvalue weighted by Crippen LogP contribution is -2.41. The van der Waals surface area contributed by atoms with Gasteiger partial charge in [0.1, 0.15) is 6.61 Å². The molecule has 0 spiro atoms. The average molecular weight is 222 g/mol. The van der Waals surface area contributed by atoms with Gasteiger partial charge < -0.3 is 15.2 Å². The molecule has 0 radical (unpaired) electrons. The number of ether oxygens (including phenoxy) is 1. The molecule has 0 saturated carbocycles. The van der Waals surface area contributed by atoms with Gasteiger partial charge in [-0.1, -0.05) is 0 Å². The van der Waals surface area contributed by atoms with Crippen LogP contribution in [0.4, 0.5) is 0 Å². The molecule has 0 aromatic rings. The average Bonchev–Trinajstić information content (AvgIpc) is 2.42. The molecule has 3 atom stereocenters. The maximum atomic E-state index is 10.3. The van der Waals surface area contributed by atoms with Crippen molar-refractivity contribution in [2.24, 2.45) is 0 Å². The summed E-state index contributed by atoms with van der Waals surface area (Å²) >= 11 is 0. The number of rotatable bonds is 3. The maximum absolute atomic E-state index is 10.3. The van der Waals surface area contributed by atoms with Gasteiger partial charge in [0.25, 0.3) is 0 Å². The van der Waals surface area contributed by atoms with Crippen LogP contribution < -0.4 is 5.32 Å². The Morgan fingerprint density at radius 1 is 1.36 bits per heavy atom. The van der Waals surface area contributed by atoms with Crippen LogP contribution in [-0.2, 0) is 9.53 Å². The van der Waals surface area contributed by atoms with Gasteiger partial charge in [0.15, 0.2) is 0 Å². The minimum Gasteiger partial charge on any atom is -0.480 e. The first-order valence-electron chi connectivity index (χ1n) is 4.83. The second-order valence-electron chi connectivity index (χ2n) is 3.94. The number of hydrogen-bond donors (Lipinski definition) is 2. The Morgan fingerprint density at radius 3 is 2.43 bits per heavy atom. The second-order valence-corrected chi connectivity index (χ2v) is 3.94. The fourth-order valence-corrected chi connectivity index (χ4v) is 2.33. The van der Waals surface area contributed by atoms with E-state index in [1.807, 2.05) is 0 Å². The summed E-state index contributed by atoms with van der Waals surface area (Å²) in [5.74, 6) is -0.870. The zero-order valence-electron chi connectivity index (χ0n) is 7.94. The summed E-state index contributed by atoms with van der Waals surface area (Å²) in [6.45, 7) is -0.149. The van der Waals surface area contributed by atoms with Crippen LogP contribution in [0.15, 0.2) is 0 Å². The van der Waals surface area contributed by atoms with E-state index in [-0.39, 0.29) is 25.1 Å². The van der Waals surface area contributed by atoms with Gasteiger partial charge in [-0.25, -0.2) is 4.79 Å². The Kier molecular flexibility index (Phi) is 4.16. The molecule has 0 aromatic heterocycles. The highest BCUT2D eigenvalue weighted by Crippen LogP contribution is 2.28. The molecular weight excluding hydrogens is 206 g/mol. The topological polar surface area (TPSA) is 58.6 Å². The summed E-state index contributed by atoms with van der Waals surface area (Å²) in [5.41, 5.74) is 0. The van der Waals surface area contributed by atoms with Gasteiger partial charge in [-0.3, -0.25) is 0 Å². The number of piperidine rings is 1. The minimum absolute atomic E-state index is 0. The number of carboxylic acid groups (broad SMARTS) is 1. The predicted octanol–water partition coefficient (Wildman–Crippen LogP) is 0.792. The number of carboxylic acids is 1. The summed E-state index contributed by atoms with van der Waals surface area (Å²) < 4.78 is 5.29. The van der Waals surface area contributed by atoms with Gasteiger partial charge in [0.05, 0.1) is 6.10 Å². The van der Waals surface area contributed by atoms with Crippen LogP contribution in [0.25, 0.3) is 0 Å². The molecule has 0 amide bonds. The summed E-state index contributed by atoms with van der Waals surface area (Å²) in [6, 6.07) is 1.13. The van der Waals surface area contributed by atoms with Gasteiger partial charge in [-0.15, -0.1) is 12.4 Å². The molecule has 2 aliphatic heterocycles. The van der Waals surface area contributed by atoms with Gasteiger partial charge >= 0.3 is 5.97 Å².